The minimum Gasteiger partial charge on any atom is -0.493 e. The van der Waals surface area contributed by atoms with E-state index < -0.39 is 0 Å². The Morgan fingerprint density at radius 2 is 2.00 bits per heavy atom. The molecule has 0 aliphatic heterocycles. The standard InChI is InChI=1S/C16H24ClNOS/c1-10(2)12-9-14(11(3)8-13(12)17)19-7-6-16(4,5)15(18)20/h8-10H,6-7H2,1-5H3,(H2,18,20). The molecule has 1 aromatic rings. The molecule has 2 nitrogen and oxygen atoms in total. The lowest BCUT2D eigenvalue weighted by atomic mass is 9.90. The Kier molecular flexibility index (Phi) is 5.84. The number of nitrogens with two attached hydrogens (primary N) is 1. The highest BCUT2D eigenvalue weighted by molar-refractivity contribution is 7.80. The van der Waals surface area contributed by atoms with Crippen LogP contribution in [0.15, 0.2) is 12.1 Å². The minimum absolute atomic E-state index is 0.184. The van der Waals surface area contributed by atoms with Gasteiger partial charge in [-0.25, -0.2) is 0 Å². The summed E-state index contributed by atoms with van der Waals surface area (Å²) in [5.74, 6) is 1.26. The Bertz CT molecular complexity index is 497. The molecule has 0 saturated carbocycles. The zero-order valence-electron chi connectivity index (χ0n) is 12.9. The maximum atomic E-state index is 6.26. The van der Waals surface area contributed by atoms with E-state index in [-0.39, 0.29) is 5.41 Å². The lowest BCUT2D eigenvalue weighted by molar-refractivity contribution is 0.269. The second-order valence-corrected chi connectivity index (χ2v) is 6.99. The fourth-order valence-corrected chi connectivity index (χ4v) is 2.34. The smallest absolute Gasteiger partial charge is 0.122 e. The highest BCUT2D eigenvalue weighted by Gasteiger charge is 2.21. The van der Waals surface area contributed by atoms with Gasteiger partial charge in [0, 0.05) is 10.4 Å². The average molecular weight is 314 g/mol. The van der Waals surface area contributed by atoms with Crippen LogP contribution < -0.4 is 10.5 Å². The van der Waals surface area contributed by atoms with Gasteiger partial charge in [-0.05, 0) is 42.5 Å². The van der Waals surface area contributed by atoms with Crippen LogP contribution >= 0.6 is 23.8 Å². The van der Waals surface area contributed by atoms with Crippen molar-refractivity contribution in [2.75, 3.05) is 6.61 Å². The molecular formula is C16H24ClNOS. The van der Waals surface area contributed by atoms with Gasteiger partial charge < -0.3 is 10.5 Å². The van der Waals surface area contributed by atoms with Crippen LogP contribution in [-0.2, 0) is 0 Å². The number of benzene rings is 1. The maximum absolute atomic E-state index is 6.26. The van der Waals surface area contributed by atoms with Gasteiger partial charge in [0.2, 0.25) is 0 Å². The van der Waals surface area contributed by atoms with E-state index in [1.165, 1.54) is 0 Å². The Balaban J connectivity index is 2.79. The number of aryl methyl sites for hydroxylation is 1. The van der Waals surface area contributed by atoms with Gasteiger partial charge in [0.1, 0.15) is 5.75 Å². The van der Waals surface area contributed by atoms with E-state index in [1.807, 2.05) is 32.9 Å². The van der Waals surface area contributed by atoms with Crippen molar-refractivity contribution in [3.8, 4) is 5.75 Å². The molecular weight excluding hydrogens is 290 g/mol. The van der Waals surface area contributed by atoms with Crippen LogP contribution in [0.2, 0.25) is 5.02 Å². The van der Waals surface area contributed by atoms with E-state index in [2.05, 4.69) is 13.8 Å². The molecule has 0 atom stereocenters. The first-order valence-electron chi connectivity index (χ1n) is 6.88. The minimum atomic E-state index is -0.184. The summed E-state index contributed by atoms with van der Waals surface area (Å²) >= 11 is 11.3. The first-order valence-corrected chi connectivity index (χ1v) is 7.66. The molecule has 2 N–H and O–H groups in total. The van der Waals surface area contributed by atoms with Crippen molar-refractivity contribution >= 4 is 28.8 Å². The topological polar surface area (TPSA) is 35.2 Å². The molecule has 20 heavy (non-hydrogen) atoms. The maximum Gasteiger partial charge on any atom is 0.122 e. The van der Waals surface area contributed by atoms with Gasteiger partial charge in [-0.2, -0.15) is 0 Å². The molecule has 0 spiro atoms. The lowest BCUT2D eigenvalue weighted by Crippen LogP contribution is -2.31. The van der Waals surface area contributed by atoms with Crippen molar-refractivity contribution in [3.05, 3.63) is 28.3 Å². The lowest BCUT2D eigenvalue weighted by Gasteiger charge is -2.23. The number of hydrogen-bond acceptors (Lipinski definition) is 2. The van der Waals surface area contributed by atoms with Crippen molar-refractivity contribution in [2.24, 2.45) is 11.1 Å². The van der Waals surface area contributed by atoms with E-state index in [0.717, 1.165) is 28.3 Å². The van der Waals surface area contributed by atoms with E-state index in [0.29, 0.717) is 17.5 Å². The van der Waals surface area contributed by atoms with Crippen molar-refractivity contribution in [2.45, 2.75) is 47.0 Å². The van der Waals surface area contributed by atoms with Gasteiger partial charge in [0.25, 0.3) is 0 Å². The number of thiocarbonyl (C=S) groups is 1. The summed E-state index contributed by atoms with van der Waals surface area (Å²) in [6.45, 7) is 10.9. The number of ether oxygens (including phenoxy) is 1. The molecule has 0 heterocycles. The van der Waals surface area contributed by atoms with Crippen LogP contribution in [0.5, 0.6) is 5.75 Å². The largest absolute Gasteiger partial charge is 0.493 e. The summed E-state index contributed by atoms with van der Waals surface area (Å²) in [6, 6.07) is 4.00. The number of halogens is 1. The van der Waals surface area contributed by atoms with Crippen LogP contribution in [0.1, 0.15) is 51.2 Å². The first kappa shape index (κ1) is 17.3. The van der Waals surface area contributed by atoms with Crippen LogP contribution in [0.3, 0.4) is 0 Å². The Labute approximate surface area is 132 Å². The van der Waals surface area contributed by atoms with Crippen LogP contribution in [-0.4, -0.2) is 11.6 Å². The summed E-state index contributed by atoms with van der Waals surface area (Å²) in [5.41, 5.74) is 7.70. The summed E-state index contributed by atoms with van der Waals surface area (Å²) in [4.78, 5) is 0.525. The van der Waals surface area contributed by atoms with Gasteiger partial charge in [-0.3, -0.25) is 0 Å². The summed E-state index contributed by atoms with van der Waals surface area (Å²) in [7, 11) is 0. The van der Waals surface area contributed by atoms with Crippen LogP contribution in [0, 0.1) is 12.3 Å². The van der Waals surface area contributed by atoms with E-state index in [9.17, 15) is 0 Å². The zero-order valence-corrected chi connectivity index (χ0v) is 14.5. The molecule has 0 radical (unpaired) electrons. The van der Waals surface area contributed by atoms with Gasteiger partial charge in [0.05, 0.1) is 11.6 Å². The van der Waals surface area contributed by atoms with Gasteiger partial charge in [-0.1, -0.05) is 51.5 Å². The van der Waals surface area contributed by atoms with E-state index in [4.69, 9.17) is 34.3 Å². The van der Waals surface area contributed by atoms with E-state index in [1.54, 1.807) is 0 Å². The molecule has 1 aromatic carbocycles. The molecule has 0 amide bonds. The fourth-order valence-electron chi connectivity index (χ4n) is 1.81. The molecule has 0 fully saturated rings. The van der Waals surface area contributed by atoms with Crippen molar-refractivity contribution < 1.29 is 4.74 Å². The Morgan fingerprint density at radius 3 is 2.50 bits per heavy atom. The third-order valence-electron chi connectivity index (χ3n) is 3.57. The number of hydrogen-bond donors (Lipinski definition) is 1. The SMILES string of the molecule is Cc1cc(Cl)c(C(C)C)cc1OCCC(C)(C)C(N)=S. The predicted molar refractivity (Wildman–Crippen MR) is 91.0 cm³/mol. The Hall–Kier alpha value is -0.800. The summed E-state index contributed by atoms with van der Waals surface area (Å²) in [6.07, 6.45) is 0.793. The second kappa shape index (κ2) is 6.77. The first-order chi connectivity index (χ1) is 9.15. The van der Waals surface area contributed by atoms with Gasteiger partial charge in [-0.15, -0.1) is 0 Å². The van der Waals surface area contributed by atoms with Crippen molar-refractivity contribution in [3.63, 3.8) is 0 Å². The van der Waals surface area contributed by atoms with Gasteiger partial charge in [0.15, 0.2) is 0 Å². The zero-order chi connectivity index (χ0) is 15.5. The Morgan fingerprint density at radius 1 is 1.40 bits per heavy atom. The quantitative estimate of drug-likeness (QED) is 0.762. The molecule has 0 saturated heterocycles. The fraction of sp³-hybridized carbons (Fsp3) is 0.562. The van der Waals surface area contributed by atoms with Crippen molar-refractivity contribution in [1.82, 2.24) is 0 Å². The second-order valence-electron chi connectivity index (χ2n) is 6.14. The third kappa shape index (κ3) is 4.35. The van der Waals surface area contributed by atoms with E-state index >= 15 is 0 Å². The molecule has 1 rings (SSSR count). The van der Waals surface area contributed by atoms with Crippen molar-refractivity contribution in [1.29, 1.82) is 0 Å². The summed E-state index contributed by atoms with van der Waals surface area (Å²) < 4.78 is 5.89. The van der Waals surface area contributed by atoms with Crippen LogP contribution in [0.25, 0.3) is 0 Å². The molecule has 0 aliphatic rings. The highest BCUT2D eigenvalue weighted by atomic mass is 35.5. The molecule has 4 heteroatoms. The third-order valence-corrected chi connectivity index (χ3v) is 4.45. The monoisotopic (exact) mass is 313 g/mol. The predicted octanol–water partition coefficient (Wildman–Crippen LogP) is 4.85. The van der Waals surface area contributed by atoms with Crippen LogP contribution in [0.4, 0.5) is 0 Å². The molecule has 0 unspecified atom stereocenters. The highest BCUT2D eigenvalue weighted by Crippen LogP contribution is 2.32. The molecule has 0 aromatic heterocycles. The molecule has 0 bridgehead atoms. The average Bonchev–Trinajstić information content (AvgIpc) is 2.31. The van der Waals surface area contributed by atoms with Gasteiger partial charge >= 0.3 is 0 Å². The molecule has 0 aliphatic carbocycles. The summed E-state index contributed by atoms with van der Waals surface area (Å²) in [5, 5.41) is 0.799. The normalized spacial score (nSPS) is 11.8. The molecule has 112 valence electrons. The number of rotatable bonds is 6.